The van der Waals surface area contributed by atoms with E-state index in [-0.39, 0.29) is 13.0 Å². The van der Waals surface area contributed by atoms with Gasteiger partial charge in [0.05, 0.1) is 12.6 Å². The maximum Gasteiger partial charge on any atom is 0.425 e. The molecule has 7 nitrogen and oxygen atoms in total. The Bertz CT molecular complexity index is 439. The van der Waals surface area contributed by atoms with Gasteiger partial charge in [-0.2, -0.15) is 22.1 Å². The van der Waals surface area contributed by atoms with Crippen LogP contribution in [0.2, 0.25) is 0 Å². The summed E-state index contributed by atoms with van der Waals surface area (Å²) in [5.41, 5.74) is 0. The molecule has 3 heterocycles. The zero-order valence-electron chi connectivity index (χ0n) is 7.42. The van der Waals surface area contributed by atoms with Crippen molar-refractivity contribution in [2.75, 3.05) is 6.54 Å². The number of hydrogen-bond donors (Lipinski definition) is 0. The summed E-state index contributed by atoms with van der Waals surface area (Å²) in [6.45, 7) is 0.0881. The van der Waals surface area contributed by atoms with Crippen LogP contribution in [0, 0.1) is 0 Å². The molecule has 0 aliphatic carbocycles. The first-order valence-electron chi connectivity index (χ1n) is 4.36. The van der Waals surface area contributed by atoms with Crippen molar-refractivity contribution < 1.29 is 26.1 Å². The molecule has 2 amide bonds. The summed E-state index contributed by atoms with van der Waals surface area (Å²) < 4.78 is 44.8. The summed E-state index contributed by atoms with van der Waals surface area (Å²) in [5.74, 6) is -2.59. The van der Waals surface area contributed by atoms with E-state index in [9.17, 15) is 17.6 Å². The lowest BCUT2D eigenvalue weighted by Crippen LogP contribution is -2.51. The molecule has 3 aliphatic heterocycles. The lowest BCUT2D eigenvalue weighted by molar-refractivity contribution is -0.188. The van der Waals surface area contributed by atoms with Crippen molar-refractivity contribution in [2.45, 2.75) is 24.9 Å². The molecular formula is C6H7FN2O5S. The van der Waals surface area contributed by atoms with Crippen molar-refractivity contribution in [1.29, 1.82) is 0 Å². The average Bonchev–Trinajstić information content (AvgIpc) is 2.32. The predicted molar refractivity (Wildman–Crippen MR) is 41.9 cm³/mol. The Morgan fingerprint density at radius 1 is 1.53 bits per heavy atom. The Kier molecular flexibility index (Phi) is 1.50. The number of rotatable bonds is 0. The zero-order valence-corrected chi connectivity index (χ0v) is 8.24. The fourth-order valence-electron chi connectivity index (χ4n) is 2.05. The molecule has 0 spiro atoms. The van der Waals surface area contributed by atoms with Gasteiger partial charge < -0.3 is 0 Å². The quantitative estimate of drug-likeness (QED) is 0.542. The smallest absolute Gasteiger partial charge is 0.264 e. The minimum Gasteiger partial charge on any atom is -0.264 e. The van der Waals surface area contributed by atoms with E-state index in [2.05, 4.69) is 8.47 Å². The molecule has 3 bridgehead atoms. The van der Waals surface area contributed by atoms with Crippen molar-refractivity contribution in [3.63, 3.8) is 0 Å². The molecule has 84 valence electrons. The second-order valence-electron chi connectivity index (χ2n) is 3.67. The number of amides is 2. The van der Waals surface area contributed by atoms with Crippen molar-refractivity contribution in [3.8, 4) is 0 Å². The summed E-state index contributed by atoms with van der Waals surface area (Å²) in [6.07, 6.45) is 0.150. The van der Waals surface area contributed by atoms with Crippen LogP contribution >= 0.6 is 0 Å². The lowest BCUT2D eigenvalue weighted by atomic mass is 10.1. The molecule has 0 radical (unpaired) electrons. The number of alkyl halides is 1. The molecule has 0 unspecified atom stereocenters. The molecule has 0 aromatic carbocycles. The lowest BCUT2D eigenvalue weighted by Gasteiger charge is -2.35. The van der Waals surface area contributed by atoms with Crippen LogP contribution in [0.1, 0.15) is 12.8 Å². The van der Waals surface area contributed by atoms with Crippen molar-refractivity contribution >= 4 is 16.4 Å². The van der Waals surface area contributed by atoms with E-state index in [4.69, 9.17) is 0 Å². The molecule has 2 atom stereocenters. The van der Waals surface area contributed by atoms with E-state index < -0.39 is 28.5 Å². The number of nitrogens with zero attached hydrogens (tertiary/aromatic N) is 2. The molecule has 0 aromatic heterocycles. The first kappa shape index (κ1) is 9.31. The van der Waals surface area contributed by atoms with Gasteiger partial charge in [-0.15, -0.1) is 4.28 Å². The Labute approximate surface area is 84.6 Å². The van der Waals surface area contributed by atoms with E-state index in [1.165, 1.54) is 0 Å². The molecule has 9 heteroatoms. The van der Waals surface area contributed by atoms with Crippen LogP contribution in [0.4, 0.5) is 9.18 Å². The summed E-state index contributed by atoms with van der Waals surface area (Å²) >= 11 is 0. The third-order valence-corrected chi connectivity index (χ3v) is 3.54. The zero-order chi connectivity index (χ0) is 10.8. The molecule has 3 fully saturated rings. The van der Waals surface area contributed by atoms with E-state index in [0.717, 1.165) is 4.90 Å². The van der Waals surface area contributed by atoms with Crippen LogP contribution in [-0.2, 0) is 18.9 Å². The van der Waals surface area contributed by atoms with Crippen LogP contribution in [0.25, 0.3) is 0 Å². The van der Waals surface area contributed by atoms with E-state index in [1.54, 1.807) is 0 Å². The molecule has 15 heavy (non-hydrogen) atoms. The first-order valence-corrected chi connectivity index (χ1v) is 5.70. The van der Waals surface area contributed by atoms with E-state index >= 15 is 0 Å². The van der Waals surface area contributed by atoms with Crippen LogP contribution in [-0.4, -0.2) is 43.0 Å². The van der Waals surface area contributed by atoms with E-state index in [0.29, 0.717) is 11.5 Å². The molecule has 0 aromatic rings. The fraction of sp³-hybridized carbons (Fsp3) is 0.833. The van der Waals surface area contributed by atoms with Gasteiger partial charge in [-0.1, -0.05) is 0 Å². The summed E-state index contributed by atoms with van der Waals surface area (Å²) in [4.78, 5) is 12.2. The number of hydrogen-bond acceptors (Lipinski definition) is 5. The largest absolute Gasteiger partial charge is 0.425 e. The highest BCUT2D eigenvalue weighted by Crippen LogP contribution is 2.42. The van der Waals surface area contributed by atoms with Gasteiger partial charge in [-0.25, -0.2) is 4.79 Å². The minimum atomic E-state index is -4.48. The second kappa shape index (κ2) is 2.42. The van der Waals surface area contributed by atoms with Crippen LogP contribution in [0.3, 0.4) is 0 Å². The van der Waals surface area contributed by atoms with Crippen LogP contribution < -0.4 is 0 Å². The standard InChI is InChI=1S/C6H7FN2O5S/c7-6-2-1-4-3-8(6)5(10)9(4)14-15(11,12)13-6/h4H,1-3H2/t4-,6+/m1/s1. The van der Waals surface area contributed by atoms with Gasteiger partial charge in [0.2, 0.25) is 0 Å². The second-order valence-corrected chi connectivity index (χ2v) is 4.80. The average molecular weight is 238 g/mol. The molecular weight excluding hydrogens is 231 g/mol. The van der Waals surface area contributed by atoms with Gasteiger partial charge in [-0.05, 0) is 6.42 Å². The number of carbonyl (C=O) groups is 1. The van der Waals surface area contributed by atoms with Gasteiger partial charge in [0.15, 0.2) is 0 Å². The number of carbonyl (C=O) groups excluding carboxylic acids is 1. The van der Waals surface area contributed by atoms with Gasteiger partial charge >= 0.3 is 22.4 Å². The topological polar surface area (TPSA) is 76.1 Å². The normalized spacial score (nSPS) is 42.2. The van der Waals surface area contributed by atoms with E-state index in [1.807, 2.05) is 0 Å². The minimum absolute atomic E-state index is 0.0881. The maximum atomic E-state index is 14.0. The van der Waals surface area contributed by atoms with Gasteiger partial charge in [0, 0.05) is 6.42 Å². The highest BCUT2D eigenvalue weighted by Gasteiger charge is 2.61. The van der Waals surface area contributed by atoms with Gasteiger partial charge in [0.1, 0.15) is 0 Å². The molecule has 3 aliphatic rings. The predicted octanol–water partition coefficient (Wildman–Crippen LogP) is -0.284. The Balaban J connectivity index is 2.15. The molecule has 3 rings (SSSR count). The number of piperidine rings is 1. The number of halogens is 1. The summed E-state index contributed by atoms with van der Waals surface area (Å²) in [7, 11) is -4.48. The first-order chi connectivity index (χ1) is 6.91. The van der Waals surface area contributed by atoms with Crippen molar-refractivity contribution in [1.82, 2.24) is 9.96 Å². The number of fused-ring (bicyclic) bond motifs is 3. The fourth-order valence-corrected chi connectivity index (χ4v) is 2.95. The Hall–Kier alpha value is -0.930. The monoisotopic (exact) mass is 238 g/mol. The number of hydroxylamine groups is 2. The third kappa shape index (κ3) is 1.11. The van der Waals surface area contributed by atoms with Gasteiger partial charge in [-0.3, -0.25) is 4.90 Å². The third-order valence-electron chi connectivity index (χ3n) is 2.73. The van der Waals surface area contributed by atoms with Crippen LogP contribution in [0.5, 0.6) is 0 Å². The summed E-state index contributed by atoms with van der Waals surface area (Å²) in [6, 6.07) is -1.22. The summed E-state index contributed by atoms with van der Waals surface area (Å²) in [5, 5.41) is 0.670. The Morgan fingerprint density at radius 3 is 3.00 bits per heavy atom. The SMILES string of the molecule is O=C1N2OS(=O)(=O)O[C@]3(F)CC[C@@H]2CN13. The van der Waals surface area contributed by atoms with Gasteiger partial charge in [0.25, 0.3) is 0 Å². The Morgan fingerprint density at radius 2 is 2.27 bits per heavy atom. The highest BCUT2D eigenvalue weighted by atomic mass is 32.3. The molecule has 0 saturated carbocycles. The van der Waals surface area contributed by atoms with Crippen LogP contribution in [0.15, 0.2) is 0 Å². The highest BCUT2D eigenvalue weighted by molar-refractivity contribution is 7.81. The van der Waals surface area contributed by atoms with Crippen molar-refractivity contribution in [2.24, 2.45) is 0 Å². The maximum absolute atomic E-state index is 14.0. The molecule has 3 saturated heterocycles. The van der Waals surface area contributed by atoms with Crippen molar-refractivity contribution in [3.05, 3.63) is 0 Å². The molecule has 0 N–H and O–H groups in total. The number of urea groups is 1.